The van der Waals surface area contributed by atoms with Crippen molar-refractivity contribution >= 4 is 31.9 Å². The van der Waals surface area contributed by atoms with E-state index in [1.165, 1.54) is 6.07 Å². The molecular weight excluding hydrogens is 376 g/mol. The van der Waals surface area contributed by atoms with Gasteiger partial charge in [0, 0.05) is 6.07 Å². The van der Waals surface area contributed by atoms with Crippen LogP contribution in [0.25, 0.3) is 0 Å². The maximum absolute atomic E-state index is 12.5. The van der Waals surface area contributed by atoms with Gasteiger partial charge in [-0.25, -0.2) is 18.7 Å². The normalized spacial score (nSPS) is 12.2. The van der Waals surface area contributed by atoms with Gasteiger partial charge in [-0.3, -0.25) is 0 Å². The van der Waals surface area contributed by atoms with Crippen molar-refractivity contribution in [1.29, 1.82) is 0 Å². The molecule has 0 atom stereocenters. The van der Waals surface area contributed by atoms with Crippen molar-refractivity contribution in [2.45, 2.75) is 19.0 Å². The fraction of sp³-hybridized carbons (Fsp3) is 0.500. The Morgan fingerprint density at radius 3 is 2.24 bits per heavy atom. The van der Waals surface area contributed by atoms with Gasteiger partial charge in [0.1, 0.15) is 22.4 Å². The van der Waals surface area contributed by atoms with Crippen LogP contribution in [0.2, 0.25) is 0 Å². The van der Waals surface area contributed by atoms with Crippen LogP contribution in [0.1, 0.15) is 5.82 Å². The van der Waals surface area contributed by atoms with Gasteiger partial charge in [-0.1, -0.05) is 0 Å². The Balaban J connectivity index is 2.51. The van der Waals surface area contributed by atoms with Gasteiger partial charge in [-0.05, 0) is 31.9 Å². The summed E-state index contributed by atoms with van der Waals surface area (Å²) in [5, 5.41) is 0. The van der Waals surface area contributed by atoms with Gasteiger partial charge in [-0.2, -0.15) is 8.78 Å². The highest BCUT2D eigenvalue weighted by Gasteiger charge is 2.40. The zero-order valence-electron chi connectivity index (χ0n) is 8.14. The molecule has 96 valence electrons. The number of hydrogen-bond donors (Lipinski definition) is 0. The van der Waals surface area contributed by atoms with Crippen LogP contribution in [-0.2, 0) is 11.3 Å². The molecule has 0 saturated carbocycles. The molecule has 1 heterocycles. The standard InChI is InChI=1S/C8H6Br2F4N2O/c9-4-1-5(10)16-6(15-4)2-17-3-8(13,14)7(11)12/h1,7H,2-3H2. The molecule has 0 saturated heterocycles. The van der Waals surface area contributed by atoms with Crippen LogP contribution in [0.3, 0.4) is 0 Å². The third-order valence-electron chi connectivity index (χ3n) is 1.55. The van der Waals surface area contributed by atoms with Gasteiger partial charge in [0.15, 0.2) is 5.82 Å². The number of halogens is 6. The van der Waals surface area contributed by atoms with Crippen molar-refractivity contribution in [3.05, 3.63) is 21.1 Å². The third kappa shape index (κ3) is 4.84. The third-order valence-corrected chi connectivity index (χ3v) is 2.37. The van der Waals surface area contributed by atoms with Crippen LogP contribution < -0.4 is 0 Å². The first kappa shape index (κ1) is 14.8. The van der Waals surface area contributed by atoms with Crippen molar-refractivity contribution in [3.8, 4) is 0 Å². The number of alkyl halides is 4. The van der Waals surface area contributed by atoms with Crippen molar-refractivity contribution < 1.29 is 22.3 Å². The van der Waals surface area contributed by atoms with Crippen molar-refractivity contribution in [2.75, 3.05) is 6.61 Å². The molecule has 0 bridgehead atoms. The Morgan fingerprint density at radius 2 is 1.76 bits per heavy atom. The predicted molar refractivity (Wildman–Crippen MR) is 58.0 cm³/mol. The molecule has 3 nitrogen and oxygen atoms in total. The summed E-state index contributed by atoms with van der Waals surface area (Å²) < 4.78 is 53.8. The summed E-state index contributed by atoms with van der Waals surface area (Å²) in [6.45, 7) is -1.75. The quantitative estimate of drug-likeness (QED) is 0.579. The van der Waals surface area contributed by atoms with Crippen LogP contribution in [0, 0.1) is 0 Å². The summed E-state index contributed by atoms with van der Waals surface area (Å²) in [4.78, 5) is 7.63. The topological polar surface area (TPSA) is 35.0 Å². The van der Waals surface area contributed by atoms with Gasteiger partial charge >= 0.3 is 12.3 Å². The van der Waals surface area contributed by atoms with E-state index < -0.39 is 19.0 Å². The molecule has 0 spiro atoms. The van der Waals surface area contributed by atoms with Crippen LogP contribution in [0.4, 0.5) is 17.6 Å². The SMILES string of the molecule is FC(F)C(F)(F)COCc1nc(Br)cc(Br)n1. The monoisotopic (exact) mass is 380 g/mol. The molecule has 0 unspecified atom stereocenters. The number of aromatic nitrogens is 2. The molecule has 0 N–H and O–H groups in total. The van der Waals surface area contributed by atoms with E-state index in [0.29, 0.717) is 9.21 Å². The van der Waals surface area contributed by atoms with Crippen molar-refractivity contribution in [3.63, 3.8) is 0 Å². The molecule has 0 aliphatic carbocycles. The Hall–Kier alpha value is -0.280. The highest BCUT2D eigenvalue weighted by Crippen LogP contribution is 2.23. The lowest BCUT2D eigenvalue weighted by atomic mass is 10.4. The summed E-state index contributed by atoms with van der Waals surface area (Å²) in [6, 6.07) is 1.54. The molecule has 0 fully saturated rings. The highest BCUT2D eigenvalue weighted by molar-refractivity contribution is 9.11. The fourth-order valence-corrected chi connectivity index (χ4v) is 1.99. The van der Waals surface area contributed by atoms with E-state index in [9.17, 15) is 17.6 Å². The van der Waals surface area contributed by atoms with Crippen LogP contribution in [-0.4, -0.2) is 28.9 Å². The Morgan fingerprint density at radius 1 is 1.24 bits per heavy atom. The molecule has 0 radical (unpaired) electrons. The van der Waals surface area contributed by atoms with E-state index in [1.54, 1.807) is 0 Å². The van der Waals surface area contributed by atoms with Gasteiger partial charge in [0.2, 0.25) is 0 Å². The minimum absolute atomic E-state index is 0.108. The molecule has 9 heteroatoms. The second-order valence-electron chi connectivity index (χ2n) is 2.98. The average molecular weight is 382 g/mol. The predicted octanol–water partition coefficient (Wildman–Crippen LogP) is 3.42. The van der Waals surface area contributed by atoms with Crippen LogP contribution >= 0.6 is 31.9 Å². The number of hydrogen-bond acceptors (Lipinski definition) is 3. The summed E-state index contributed by atoms with van der Waals surface area (Å²) in [5.74, 6) is -4.06. The van der Waals surface area contributed by atoms with Crippen LogP contribution in [0.15, 0.2) is 15.3 Å². The van der Waals surface area contributed by atoms with E-state index in [4.69, 9.17) is 0 Å². The Labute approximate surface area is 111 Å². The lowest BCUT2D eigenvalue weighted by Crippen LogP contribution is -2.32. The summed E-state index contributed by atoms with van der Waals surface area (Å²) in [7, 11) is 0. The zero-order chi connectivity index (χ0) is 13.1. The first-order chi connectivity index (χ1) is 7.81. The molecule has 0 aliphatic rings. The lowest BCUT2D eigenvalue weighted by molar-refractivity contribution is -0.168. The lowest BCUT2D eigenvalue weighted by Gasteiger charge is -2.14. The van der Waals surface area contributed by atoms with E-state index in [2.05, 4.69) is 46.6 Å². The van der Waals surface area contributed by atoms with Crippen molar-refractivity contribution in [1.82, 2.24) is 9.97 Å². The molecule has 17 heavy (non-hydrogen) atoms. The van der Waals surface area contributed by atoms with E-state index in [-0.39, 0.29) is 12.4 Å². The Kier molecular flexibility index (Phi) is 5.26. The van der Waals surface area contributed by atoms with Gasteiger partial charge in [0.05, 0.1) is 0 Å². The van der Waals surface area contributed by atoms with E-state index in [1.807, 2.05) is 0 Å². The second kappa shape index (κ2) is 6.05. The van der Waals surface area contributed by atoms with Gasteiger partial charge in [-0.15, -0.1) is 0 Å². The largest absolute Gasteiger partial charge is 0.367 e. The average Bonchev–Trinajstić information content (AvgIpc) is 2.15. The Bertz CT molecular complexity index is 372. The van der Waals surface area contributed by atoms with Gasteiger partial charge < -0.3 is 4.74 Å². The number of ether oxygens (including phenoxy) is 1. The molecule has 0 aliphatic heterocycles. The molecule has 0 aromatic carbocycles. The summed E-state index contributed by atoms with van der Waals surface area (Å²) >= 11 is 6.13. The molecule has 1 aromatic rings. The smallest absolute Gasteiger partial charge is 0.330 e. The van der Waals surface area contributed by atoms with Crippen molar-refractivity contribution in [2.24, 2.45) is 0 Å². The molecule has 0 amide bonds. The minimum atomic E-state index is -4.16. The maximum Gasteiger partial charge on any atom is 0.330 e. The molecular formula is C8H6Br2F4N2O. The maximum atomic E-state index is 12.5. The minimum Gasteiger partial charge on any atom is -0.367 e. The highest BCUT2D eigenvalue weighted by atomic mass is 79.9. The number of nitrogens with zero attached hydrogens (tertiary/aromatic N) is 2. The first-order valence-electron chi connectivity index (χ1n) is 4.24. The summed E-state index contributed by atoms with van der Waals surface area (Å²) in [6.07, 6.45) is -3.75. The first-order valence-corrected chi connectivity index (χ1v) is 5.82. The summed E-state index contributed by atoms with van der Waals surface area (Å²) in [5.41, 5.74) is 0. The van der Waals surface area contributed by atoms with E-state index in [0.717, 1.165) is 0 Å². The van der Waals surface area contributed by atoms with Gasteiger partial charge in [0.25, 0.3) is 0 Å². The van der Waals surface area contributed by atoms with E-state index >= 15 is 0 Å². The van der Waals surface area contributed by atoms with Crippen LogP contribution in [0.5, 0.6) is 0 Å². The second-order valence-corrected chi connectivity index (χ2v) is 4.61. The molecule has 1 rings (SSSR count). The number of rotatable bonds is 5. The fourth-order valence-electron chi connectivity index (χ4n) is 0.840. The molecule has 1 aromatic heterocycles. The zero-order valence-corrected chi connectivity index (χ0v) is 11.3.